The number of nitro benzene ring substituents is 1. The molecule has 1 aromatic carbocycles. The predicted molar refractivity (Wildman–Crippen MR) is 83.4 cm³/mol. The number of nitro groups is 1. The zero-order chi connectivity index (χ0) is 16.7. The van der Waals surface area contributed by atoms with Crippen LogP contribution < -0.4 is 10.1 Å². The van der Waals surface area contributed by atoms with E-state index in [1.54, 1.807) is 6.07 Å². The van der Waals surface area contributed by atoms with Gasteiger partial charge in [0.2, 0.25) is 0 Å². The van der Waals surface area contributed by atoms with Crippen molar-refractivity contribution in [1.82, 2.24) is 10.2 Å². The second-order valence-corrected chi connectivity index (χ2v) is 5.30. The Kier molecular flexibility index (Phi) is 6.30. The predicted octanol–water partition coefficient (Wildman–Crippen LogP) is 0.942. The van der Waals surface area contributed by atoms with Crippen LogP contribution in [0, 0.1) is 10.1 Å². The molecule has 0 aliphatic carbocycles. The summed E-state index contributed by atoms with van der Waals surface area (Å²) < 4.78 is 9.64. The fourth-order valence-corrected chi connectivity index (χ4v) is 2.44. The van der Waals surface area contributed by atoms with Crippen LogP contribution in [0.5, 0.6) is 5.75 Å². The summed E-state index contributed by atoms with van der Waals surface area (Å²) in [5.41, 5.74) is 0.711. The molecule has 1 aliphatic rings. The smallest absolute Gasteiger partial charge is 0.343 e. The first kappa shape index (κ1) is 17.2. The van der Waals surface area contributed by atoms with Gasteiger partial charge in [0.05, 0.1) is 12.0 Å². The summed E-state index contributed by atoms with van der Waals surface area (Å²) in [6, 6.07) is 4.83. The normalized spacial score (nSPS) is 15.7. The number of nitrogens with one attached hydrogen (secondary N) is 1. The van der Waals surface area contributed by atoms with Crippen LogP contribution >= 0.6 is 0 Å². The maximum absolute atomic E-state index is 11.2. The number of hydrogen-bond donors (Lipinski definition) is 1. The van der Waals surface area contributed by atoms with E-state index in [4.69, 9.17) is 4.74 Å². The summed E-state index contributed by atoms with van der Waals surface area (Å²) in [4.78, 5) is 24.1. The molecule has 8 heteroatoms. The zero-order valence-corrected chi connectivity index (χ0v) is 13.1. The van der Waals surface area contributed by atoms with Gasteiger partial charge in [0.15, 0.2) is 12.4 Å². The van der Waals surface area contributed by atoms with Gasteiger partial charge in [-0.2, -0.15) is 0 Å². The molecule has 1 heterocycles. The van der Waals surface area contributed by atoms with Gasteiger partial charge in [-0.3, -0.25) is 15.0 Å². The van der Waals surface area contributed by atoms with E-state index in [-0.39, 0.29) is 18.0 Å². The van der Waals surface area contributed by atoms with Crippen LogP contribution in [0.3, 0.4) is 0 Å². The summed E-state index contributed by atoms with van der Waals surface area (Å²) in [5, 5.41) is 14.5. The van der Waals surface area contributed by atoms with Crippen molar-refractivity contribution in [3.8, 4) is 5.75 Å². The Morgan fingerprint density at radius 3 is 2.96 bits per heavy atom. The topological polar surface area (TPSA) is 93.9 Å². The molecule has 0 bridgehead atoms. The van der Waals surface area contributed by atoms with Gasteiger partial charge < -0.3 is 14.8 Å². The summed E-state index contributed by atoms with van der Waals surface area (Å²) in [6.07, 6.45) is 1.06. The lowest BCUT2D eigenvalue weighted by atomic mass is 10.1. The molecular weight excluding hydrogens is 302 g/mol. The van der Waals surface area contributed by atoms with E-state index < -0.39 is 10.9 Å². The lowest BCUT2D eigenvalue weighted by Crippen LogP contribution is -2.27. The minimum atomic E-state index is -0.583. The first-order chi connectivity index (χ1) is 11.1. The molecule has 2 rings (SSSR count). The van der Waals surface area contributed by atoms with Crippen molar-refractivity contribution < 1.29 is 19.2 Å². The third kappa shape index (κ3) is 5.19. The van der Waals surface area contributed by atoms with Crippen LogP contribution in [0.25, 0.3) is 0 Å². The molecule has 1 saturated heterocycles. The number of carbonyl (C=O) groups is 1. The van der Waals surface area contributed by atoms with Gasteiger partial charge in [-0.1, -0.05) is 6.07 Å². The van der Waals surface area contributed by atoms with Crippen molar-refractivity contribution in [3.63, 3.8) is 0 Å². The minimum absolute atomic E-state index is 0.0710. The second-order valence-electron chi connectivity index (χ2n) is 5.30. The maximum atomic E-state index is 11.2. The Morgan fingerprint density at radius 1 is 1.39 bits per heavy atom. The Hall–Kier alpha value is -2.19. The fraction of sp³-hybridized carbons (Fsp3) is 0.533. The molecule has 0 atom stereocenters. The minimum Gasteiger partial charge on any atom is -0.475 e. The monoisotopic (exact) mass is 323 g/mol. The van der Waals surface area contributed by atoms with E-state index in [9.17, 15) is 14.9 Å². The fourth-order valence-electron chi connectivity index (χ4n) is 2.44. The van der Waals surface area contributed by atoms with Crippen LogP contribution in [0.15, 0.2) is 18.2 Å². The van der Waals surface area contributed by atoms with Crippen molar-refractivity contribution in [1.29, 1.82) is 0 Å². The second kappa shape index (κ2) is 8.44. The van der Waals surface area contributed by atoms with E-state index in [2.05, 4.69) is 15.0 Å². The van der Waals surface area contributed by atoms with Crippen molar-refractivity contribution in [2.24, 2.45) is 0 Å². The van der Waals surface area contributed by atoms with E-state index in [1.165, 1.54) is 19.2 Å². The molecule has 1 fully saturated rings. The highest BCUT2D eigenvalue weighted by Gasteiger charge is 2.18. The molecule has 0 aromatic heterocycles. The molecule has 1 N–H and O–H groups in total. The molecule has 0 amide bonds. The lowest BCUT2D eigenvalue weighted by Gasteiger charge is -2.19. The molecule has 1 aromatic rings. The summed E-state index contributed by atoms with van der Waals surface area (Å²) >= 11 is 0. The number of benzene rings is 1. The van der Waals surface area contributed by atoms with Gasteiger partial charge in [0.1, 0.15) is 0 Å². The van der Waals surface area contributed by atoms with E-state index >= 15 is 0 Å². The van der Waals surface area contributed by atoms with Crippen LogP contribution in [0.1, 0.15) is 12.0 Å². The average molecular weight is 323 g/mol. The highest BCUT2D eigenvalue weighted by Crippen LogP contribution is 2.28. The molecule has 0 unspecified atom stereocenters. The average Bonchev–Trinajstić information content (AvgIpc) is 2.81. The van der Waals surface area contributed by atoms with Gasteiger partial charge in [-0.05, 0) is 31.1 Å². The first-order valence-corrected chi connectivity index (χ1v) is 7.50. The van der Waals surface area contributed by atoms with Gasteiger partial charge in [-0.25, -0.2) is 4.79 Å². The Morgan fingerprint density at radius 2 is 2.22 bits per heavy atom. The van der Waals surface area contributed by atoms with Crippen molar-refractivity contribution >= 4 is 11.7 Å². The highest BCUT2D eigenvalue weighted by atomic mass is 16.6. The van der Waals surface area contributed by atoms with E-state index in [1.807, 2.05) is 0 Å². The standard InChI is InChI=1S/C15H21N3O5/c1-22-15(19)11-23-14-4-3-12(9-13(14)18(20)21)10-17-7-2-5-16-6-8-17/h3-4,9,16H,2,5-8,10-11H2,1H3. The van der Waals surface area contributed by atoms with Gasteiger partial charge in [0, 0.05) is 25.7 Å². The summed E-state index contributed by atoms with van der Waals surface area (Å²) in [7, 11) is 1.24. The molecule has 1 aliphatic heterocycles. The number of nitrogens with zero attached hydrogens (tertiary/aromatic N) is 2. The Balaban J connectivity index is 2.08. The number of rotatable bonds is 6. The number of carbonyl (C=O) groups excluding carboxylic acids is 1. The Bertz CT molecular complexity index is 556. The van der Waals surface area contributed by atoms with Gasteiger partial charge >= 0.3 is 11.7 Å². The summed E-state index contributed by atoms with van der Waals surface area (Å²) in [5.74, 6) is -0.512. The van der Waals surface area contributed by atoms with Gasteiger partial charge in [-0.15, -0.1) is 0 Å². The number of methoxy groups -OCH3 is 1. The number of esters is 1. The lowest BCUT2D eigenvalue weighted by molar-refractivity contribution is -0.385. The molecule has 0 radical (unpaired) electrons. The zero-order valence-electron chi connectivity index (χ0n) is 13.1. The third-order valence-corrected chi connectivity index (χ3v) is 3.63. The summed E-state index contributed by atoms with van der Waals surface area (Å²) in [6.45, 7) is 4.09. The first-order valence-electron chi connectivity index (χ1n) is 7.50. The van der Waals surface area contributed by atoms with Crippen molar-refractivity contribution in [3.05, 3.63) is 33.9 Å². The molecule has 8 nitrogen and oxygen atoms in total. The largest absolute Gasteiger partial charge is 0.475 e. The van der Waals surface area contributed by atoms with Crippen LogP contribution in [0.2, 0.25) is 0 Å². The number of hydrogen-bond acceptors (Lipinski definition) is 7. The quantitative estimate of drug-likeness (QED) is 0.473. The Labute approximate surface area is 134 Å². The maximum Gasteiger partial charge on any atom is 0.343 e. The van der Waals surface area contributed by atoms with Gasteiger partial charge in [0.25, 0.3) is 0 Å². The number of ether oxygens (including phenoxy) is 2. The van der Waals surface area contributed by atoms with Crippen molar-refractivity contribution in [2.75, 3.05) is 39.9 Å². The van der Waals surface area contributed by atoms with Crippen LogP contribution in [-0.2, 0) is 16.1 Å². The van der Waals surface area contributed by atoms with E-state index in [0.717, 1.165) is 38.2 Å². The van der Waals surface area contributed by atoms with E-state index in [0.29, 0.717) is 6.54 Å². The van der Waals surface area contributed by atoms with Crippen LogP contribution in [0.4, 0.5) is 5.69 Å². The SMILES string of the molecule is COC(=O)COc1ccc(CN2CCCNCC2)cc1[N+](=O)[O-]. The molecule has 0 saturated carbocycles. The highest BCUT2D eigenvalue weighted by molar-refractivity contribution is 5.71. The molecular formula is C15H21N3O5. The van der Waals surface area contributed by atoms with Crippen LogP contribution in [-0.4, -0.2) is 55.7 Å². The third-order valence-electron chi connectivity index (χ3n) is 3.63. The molecule has 126 valence electrons. The molecule has 23 heavy (non-hydrogen) atoms. The van der Waals surface area contributed by atoms with Crippen molar-refractivity contribution in [2.45, 2.75) is 13.0 Å². The molecule has 0 spiro atoms.